The van der Waals surface area contributed by atoms with Crippen molar-refractivity contribution < 1.29 is 9.90 Å². The number of aromatic carboxylic acids is 1. The lowest BCUT2D eigenvalue weighted by Gasteiger charge is -2.13. The first kappa shape index (κ1) is 17.6. The van der Waals surface area contributed by atoms with Crippen molar-refractivity contribution in [2.75, 3.05) is 0 Å². The highest BCUT2D eigenvalue weighted by molar-refractivity contribution is 7.17. The molecule has 8 heteroatoms. The quantitative estimate of drug-likeness (QED) is 0.575. The number of aromatic nitrogens is 3. The minimum absolute atomic E-state index is 0.0684. The Morgan fingerprint density at radius 3 is 2.68 bits per heavy atom. The predicted octanol–water partition coefficient (Wildman–Crippen LogP) is 3.14. The summed E-state index contributed by atoms with van der Waals surface area (Å²) in [5.74, 6) is -0.780. The number of hydrogen-bond donors (Lipinski definition) is 1. The molecule has 28 heavy (non-hydrogen) atoms. The molecule has 4 rings (SSSR count). The maximum atomic E-state index is 13.3. The van der Waals surface area contributed by atoms with Gasteiger partial charge in [-0.1, -0.05) is 18.2 Å². The van der Waals surface area contributed by atoms with Crippen LogP contribution in [-0.4, -0.2) is 25.6 Å². The van der Waals surface area contributed by atoms with Crippen molar-refractivity contribution in [2.24, 2.45) is 0 Å². The van der Waals surface area contributed by atoms with Crippen LogP contribution in [0.2, 0.25) is 0 Å². The fourth-order valence-corrected chi connectivity index (χ4v) is 3.89. The number of carboxylic acid groups (broad SMARTS) is 1. The molecule has 0 fully saturated rings. The summed E-state index contributed by atoms with van der Waals surface area (Å²) in [7, 11) is 0. The van der Waals surface area contributed by atoms with Crippen LogP contribution in [-0.2, 0) is 6.54 Å². The number of nitriles is 1. The Bertz CT molecular complexity index is 1300. The Labute approximate surface area is 162 Å². The molecule has 0 unspecified atom stereocenters. The van der Waals surface area contributed by atoms with Gasteiger partial charge in [-0.3, -0.25) is 14.3 Å². The summed E-state index contributed by atoms with van der Waals surface area (Å²) in [5, 5.41) is 20.3. The van der Waals surface area contributed by atoms with E-state index < -0.39 is 11.5 Å². The van der Waals surface area contributed by atoms with Crippen molar-refractivity contribution in [3.63, 3.8) is 0 Å². The van der Waals surface area contributed by atoms with E-state index in [4.69, 9.17) is 0 Å². The molecule has 0 aliphatic rings. The van der Waals surface area contributed by atoms with Crippen LogP contribution in [0.5, 0.6) is 0 Å². The van der Waals surface area contributed by atoms with Gasteiger partial charge in [0.1, 0.15) is 10.7 Å². The van der Waals surface area contributed by atoms with Gasteiger partial charge in [-0.25, -0.2) is 9.78 Å². The standard InChI is InChI=1S/C20H12N4O3S/c21-9-13-3-1-2-4-14(13)10-24-17(12-5-7-22-8-6-12)23-18-16(19(24)25)15(11-28-18)20(26)27/h1-8,11H,10H2,(H,26,27). The van der Waals surface area contributed by atoms with E-state index in [1.54, 1.807) is 48.8 Å². The number of carboxylic acids is 1. The summed E-state index contributed by atoms with van der Waals surface area (Å²) in [6, 6.07) is 12.5. The third kappa shape index (κ3) is 2.94. The number of thiophene rings is 1. The molecule has 3 heterocycles. The molecule has 0 amide bonds. The van der Waals surface area contributed by atoms with Gasteiger partial charge >= 0.3 is 5.97 Å². The van der Waals surface area contributed by atoms with E-state index in [2.05, 4.69) is 16.0 Å². The SMILES string of the molecule is N#Cc1ccccc1Cn1c(-c2ccncc2)nc2scc(C(=O)O)c2c1=O. The Hall–Kier alpha value is -3.83. The topological polar surface area (TPSA) is 109 Å². The molecular weight excluding hydrogens is 376 g/mol. The lowest BCUT2D eigenvalue weighted by atomic mass is 10.1. The van der Waals surface area contributed by atoms with Crippen molar-refractivity contribution in [3.05, 3.63) is 81.2 Å². The summed E-state index contributed by atoms with van der Waals surface area (Å²) in [4.78, 5) is 33.7. The molecule has 0 atom stereocenters. The van der Waals surface area contributed by atoms with Gasteiger partial charge in [0, 0.05) is 23.3 Å². The summed E-state index contributed by atoms with van der Waals surface area (Å²) < 4.78 is 1.41. The van der Waals surface area contributed by atoms with Gasteiger partial charge in [0.15, 0.2) is 0 Å². The summed E-state index contributed by atoms with van der Waals surface area (Å²) >= 11 is 1.11. The molecule has 1 N–H and O–H groups in total. The van der Waals surface area contributed by atoms with E-state index in [0.717, 1.165) is 11.3 Å². The lowest BCUT2D eigenvalue weighted by Crippen LogP contribution is -2.25. The highest BCUT2D eigenvalue weighted by atomic mass is 32.1. The predicted molar refractivity (Wildman–Crippen MR) is 104 cm³/mol. The molecule has 7 nitrogen and oxygen atoms in total. The van der Waals surface area contributed by atoms with E-state index in [1.807, 2.05) is 0 Å². The zero-order chi connectivity index (χ0) is 19.7. The van der Waals surface area contributed by atoms with Gasteiger partial charge in [-0.2, -0.15) is 5.26 Å². The van der Waals surface area contributed by atoms with Gasteiger partial charge in [0.25, 0.3) is 5.56 Å². The van der Waals surface area contributed by atoms with Crippen LogP contribution in [0.25, 0.3) is 21.6 Å². The van der Waals surface area contributed by atoms with Crippen molar-refractivity contribution in [3.8, 4) is 17.5 Å². The van der Waals surface area contributed by atoms with Crippen LogP contribution in [0.3, 0.4) is 0 Å². The first-order chi connectivity index (χ1) is 13.6. The second-order valence-electron chi connectivity index (χ2n) is 5.97. The van der Waals surface area contributed by atoms with E-state index in [9.17, 15) is 20.0 Å². The maximum Gasteiger partial charge on any atom is 0.337 e. The van der Waals surface area contributed by atoms with Crippen LogP contribution in [0.1, 0.15) is 21.5 Å². The highest BCUT2D eigenvalue weighted by Crippen LogP contribution is 2.26. The molecule has 0 spiro atoms. The fraction of sp³-hybridized carbons (Fsp3) is 0.0500. The van der Waals surface area contributed by atoms with Crippen LogP contribution < -0.4 is 5.56 Å². The maximum absolute atomic E-state index is 13.3. The van der Waals surface area contributed by atoms with Gasteiger partial charge in [-0.05, 0) is 23.8 Å². The average molecular weight is 388 g/mol. The number of pyridine rings is 1. The molecular formula is C20H12N4O3S. The molecule has 0 aliphatic carbocycles. The molecule has 136 valence electrons. The third-order valence-electron chi connectivity index (χ3n) is 4.33. The Balaban J connectivity index is 2.02. The van der Waals surface area contributed by atoms with E-state index in [0.29, 0.717) is 27.3 Å². The average Bonchev–Trinajstić information content (AvgIpc) is 3.15. The number of rotatable bonds is 4. The first-order valence-corrected chi connectivity index (χ1v) is 9.12. The Morgan fingerprint density at radius 1 is 1.21 bits per heavy atom. The van der Waals surface area contributed by atoms with Gasteiger partial charge in [-0.15, -0.1) is 11.3 Å². The van der Waals surface area contributed by atoms with E-state index >= 15 is 0 Å². The molecule has 1 aromatic carbocycles. The zero-order valence-corrected chi connectivity index (χ0v) is 15.2. The lowest BCUT2D eigenvalue weighted by molar-refractivity contribution is 0.0699. The van der Waals surface area contributed by atoms with Gasteiger partial charge in [0.05, 0.1) is 29.1 Å². The number of fused-ring (bicyclic) bond motifs is 1. The van der Waals surface area contributed by atoms with E-state index in [-0.39, 0.29) is 17.5 Å². The van der Waals surface area contributed by atoms with Gasteiger partial charge in [0.2, 0.25) is 0 Å². The minimum Gasteiger partial charge on any atom is -0.478 e. The molecule has 0 aliphatic heterocycles. The second-order valence-corrected chi connectivity index (χ2v) is 6.82. The molecule has 0 saturated heterocycles. The van der Waals surface area contributed by atoms with Crippen LogP contribution in [0, 0.1) is 11.3 Å². The smallest absolute Gasteiger partial charge is 0.337 e. The molecule has 4 aromatic rings. The minimum atomic E-state index is -1.18. The van der Waals surface area contributed by atoms with Crippen molar-refractivity contribution in [2.45, 2.75) is 6.54 Å². The number of nitrogens with zero attached hydrogens (tertiary/aromatic N) is 4. The monoisotopic (exact) mass is 388 g/mol. The normalized spacial score (nSPS) is 10.7. The third-order valence-corrected chi connectivity index (χ3v) is 5.20. The van der Waals surface area contributed by atoms with Crippen LogP contribution in [0.4, 0.5) is 0 Å². The Kier molecular flexibility index (Phi) is 4.43. The fourth-order valence-electron chi connectivity index (χ4n) is 2.99. The highest BCUT2D eigenvalue weighted by Gasteiger charge is 2.21. The number of carbonyl (C=O) groups is 1. The first-order valence-electron chi connectivity index (χ1n) is 8.24. The summed E-state index contributed by atoms with van der Waals surface area (Å²) in [5.41, 5.74) is 1.24. The van der Waals surface area contributed by atoms with Gasteiger partial charge < -0.3 is 5.11 Å². The summed E-state index contributed by atoms with van der Waals surface area (Å²) in [6.45, 7) is 0.0953. The van der Waals surface area contributed by atoms with Crippen LogP contribution >= 0.6 is 11.3 Å². The Morgan fingerprint density at radius 2 is 1.96 bits per heavy atom. The zero-order valence-electron chi connectivity index (χ0n) is 14.4. The van der Waals surface area contributed by atoms with Crippen molar-refractivity contribution in [1.82, 2.24) is 14.5 Å². The molecule has 0 bridgehead atoms. The van der Waals surface area contributed by atoms with Crippen molar-refractivity contribution >= 4 is 27.5 Å². The number of benzene rings is 1. The van der Waals surface area contributed by atoms with Crippen LogP contribution in [0.15, 0.2) is 59.0 Å². The largest absolute Gasteiger partial charge is 0.478 e. The molecule has 0 saturated carbocycles. The summed E-state index contributed by atoms with van der Waals surface area (Å²) in [6.07, 6.45) is 3.19. The molecule has 0 radical (unpaired) electrons. The molecule has 3 aromatic heterocycles. The van der Waals surface area contributed by atoms with E-state index in [1.165, 1.54) is 9.95 Å². The second kappa shape index (κ2) is 7.06. The van der Waals surface area contributed by atoms with Crippen molar-refractivity contribution in [1.29, 1.82) is 5.26 Å². The number of hydrogen-bond acceptors (Lipinski definition) is 6.